The molecule has 1 saturated carbocycles. The summed E-state index contributed by atoms with van der Waals surface area (Å²) in [5.41, 5.74) is 1.44. The van der Waals surface area contributed by atoms with Gasteiger partial charge in [-0.2, -0.15) is 0 Å². The molecule has 2 heterocycles. The Hall–Kier alpha value is -2.34. The smallest absolute Gasteiger partial charge is 0.290 e. The monoisotopic (exact) mass is 455 g/mol. The molecule has 0 radical (unpaired) electrons. The number of Topliss-reactive ketones (excluding diaryl/α,β-unsaturated/α-hetero) is 1. The average Bonchev–Trinajstić information content (AvgIpc) is 3.09. The van der Waals surface area contributed by atoms with Crippen molar-refractivity contribution in [2.45, 2.75) is 84.0 Å². The lowest BCUT2D eigenvalue weighted by atomic mass is 9.77. The van der Waals surface area contributed by atoms with E-state index >= 15 is 0 Å². The van der Waals surface area contributed by atoms with Gasteiger partial charge in [-0.1, -0.05) is 31.9 Å². The van der Waals surface area contributed by atoms with Crippen molar-refractivity contribution >= 4 is 11.7 Å². The van der Waals surface area contributed by atoms with E-state index in [1.54, 1.807) is 4.90 Å². The third kappa shape index (κ3) is 5.11. The number of hydrogen-bond acceptors (Lipinski definition) is 5. The molecule has 6 heteroatoms. The minimum absolute atomic E-state index is 0.0949. The summed E-state index contributed by atoms with van der Waals surface area (Å²) >= 11 is 0. The van der Waals surface area contributed by atoms with Crippen LogP contribution in [-0.2, 0) is 19.1 Å². The van der Waals surface area contributed by atoms with Gasteiger partial charge in [-0.3, -0.25) is 9.59 Å². The largest absolute Gasteiger partial charge is 0.494 e. The zero-order valence-corrected chi connectivity index (χ0v) is 20.2. The normalized spacial score (nSPS) is 24.7. The molecule has 3 atom stereocenters. The Bertz CT molecular complexity index is 892. The average molecular weight is 456 g/mol. The van der Waals surface area contributed by atoms with Crippen molar-refractivity contribution in [1.82, 2.24) is 4.90 Å². The second-order valence-electron chi connectivity index (χ2n) is 9.60. The highest BCUT2D eigenvalue weighted by molar-refractivity contribution is 6.11. The van der Waals surface area contributed by atoms with Gasteiger partial charge in [0.2, 0.25) is 0 Å². The highest BCUT2D eigenvalue weighted by Crippen LogP contribution is 2.47. The van der Waals surface area contributed by atoms with Crippen LogP contribution >= 0.6 is 0 Å². The maximum absolute atomic E-state index is 13.7. The molecule has 1 fully saturated rings. The van der Waals surface area contributed by atoms with Gasteiger partial charge in [0.1, 0.15) is 11.9 Å². The molecule has 0 saturated heterocycles. The van der Waals surface area contributed by atoms with Gasteiger partial charge in [0, 0.05) is 13.2 Å². The predicted molar refractivity (Wildman–Crippen MR) is 126 cm³/mol. The van der Waals surface area contributed by atoms with Gasteiger partial charge in [-0.25, -0.2) is 0 Å². The number of rotatable bonds is 10. The van der Waals surface area contributed by atoms with Gasteiger partial charge in [0.05, 0.1) is 30.2 Å². The topological polar surface area (TPSA) is 65.1 Å². The summed E-state index contributed by atoms with van der Waals surface area (Å²) in [6, 6.07) is 7.40. The van der Waals surface area contributed by atoms with Crippen LogP contribution in [-0.4, -0.2) is 48.6 Å². The van der Waals surface area contributed by atoms with E-state index in [4.69, 9.17) is 14.2 Å². The lowest BCUT2D eigenvalue weighted by Crippen LogP contribution is -2.39. The zero-order chi connectivity index (χ0) is 23.4. The highest BCUT2D eigenvalue weighted by atomic mass is 16.5. The van der Waals surface area contributed by atoms with Crippen LogP contribution in [0.3, 0.4) is 0 Å². The SMILES string of the molecule is CCCCOc1cccc(C2C3=C(OC4CCCCC4C3=O)C(=O)N2CCCOC(C)C)c1. The van der Waals surface area contributed by atoms with Gasteiger partial charge in [0.25, 0.3) is 5.91 Å². The van der Waals surface area contributed by atoms with Crippen LogP contribution < -0.4 is 4.74 Å². The van der Waals surface area contributed by atoms with Crippen LogP contribution in [0.5, 0.6) is 5.75 Å². The number of benzene rings is 1. The molecule has 0 spiro atoms. The summed E-state index contributed by atoms with van der Waals surface area (Å²) in [5.74, 6) is 0.827. The third-order valence-corrected chi connectivity index (χ3v) is 6.79. The van der Waals surface area contributed by atoms with Crippen molar-refractivity contribution in [2.24, 2.45) is 5.92 Å². The maximum Gasteiger partial charge on any atom is 0.290 e. The Labute approximate surface area is 197 Å². The maximum atomic E-state index is 13.7. The fourth-order valence-electron chi connectivity index (χ4n) is 5.13. The van der Waals surface area contributed by atoms with E-state index in [1.165, 1.54) is 0 Å². The van der Waals surface area contributed by atoms with Crippen LogP contribution in [0.2, 0.25) is 0 Å². The zero-order valence-electron chi connectivity index (χ0n) is 20.2. The van der Waals surface area contributed by atoms with E-state index in [0.717, 1.165) is 49.8 Å². The van der Waals surface area contributed by atoms with Crippen LogP contribution in [0.15, 0.2) is 35.6 Å². The van der Waals surface area contributed by atoms with E-state index in [2.05, 4.69) is 6.92 Å². The van der Waals surface area contributed by atoms with E-state index in [9.17, 15) is 9.59 Å². The molecule has 33 heavy (non-hydrogen) atoms. The standard InChI is InChI=1S/C27H37NO5/c1-4-5-15-32-20-11-8-10-19(17-20)24-23-25(29)21-12-6-7-13-22(21)33-26(23)27(30)28(24)14-9-16-31-18(2)3/h8,10-11,17-18,21-22,24H,4-7,9,12-16H2,1-3H3. The first kappa shape index (κ1) is 23.8. The molecule has 1 aliphatic carbocycles. The predicted octanol–water partition coefficient (Wildman–Crippen LogP) is 4.98. The van der Waals surface area contributed by atoms with E-state index in [0.29, 0.717) is 31.8 Å². The fraction of sp³-hybridized carbons (Fsp3) is 0.630. The van der Waals surface area contributed by atoms with Gasteiger partial charge in [-0.15, -0.1) is 0 Å². The Morgan fingerprint density at radius 2 is 1.94 bits per heavy atom. The number of amides is 1. The van der Waals surface area contributed by atoms with Crippen molar-refractivity contribution in [2.75, 3.05) is 19.8 Å². The van der Waals surface area contributed by atoms with Crippen LogP contribution in [0, 0.1) is 5.92 Å². The quantitative estimate of drug-likeness (QED) is 0.466. The molecule has 180 valence electrons. The summed E-state index contributed by atoms with van der Waals surface area (Å²) in [7, 11) is 0. The second kappa shape index (κ2) is 10.7. The molecule has 1 amide bonds. The number of unbranched alkanes of at least 4 members (excludes halogenated alkanes) is 1. The number of fused-ring (bicyclic) bond motifs is 1. The number of ether oxygens (including phenoxy) is 3. The van der Waals surface area contributed by atoms with Crippen molar-refractivity contribution < 1.29 is 23.8 Å². The second-order valence-corrected chi connectivity index (χ2v) is 9.60. The number of nitrogens with zero attached hydrogens (tertiary/aromatic N) is 1. The Kier molecular flexibility index (Phi) is 7.74. The van der Waals surface area contributed by atoms with E-state index < -0.39 is 6.04 Å². The van der Waals surface area contributed by atoms with Gasteiger partial charge in [-0.05, 0) is 63.6 Å². The third-order valence-electron chi connectivity index (χ3n) is 6.79. The molecule has 6 nitrogen and oxygen atoms in total. The molecule has 0 N–H and O–H groups in total. The van der Waals surface area contributed by atoms with Crippen molar-refractivity contribution in [3.8, 4) is 5.75 Å². The van der Waals surface area contributed by atoms with E-state index in [1.807, 2.05) is 38.1 Å². The first-order chi connectivity index (χ1) is 16.0. The molecule has 2 aliphatic heterocycles. The minimum atomic E-state index is -0.434. The first-order valence-electron chi connectivity index (χ1n) is 12.6. The van der Waals surface area contributed by atoms with Crippen LogP contribution in [0.4, 0.5) is 0 Å². The summed E-state index contributed by atoms with van der Waals surface area (Å²) in [5, 5.41) is 0. The van der Waals surface area contributed by atoms with Crippen molar-refractivity contribution in [3.05, 3.63) is 41.2 Å². The minimum Gasteiger partial charge on any atom is -0.494 e. The summed E-state index contributed by atoms with van der Waals surface area (Å²) in [6.45, 7) is 7.87. The Morgan fingerprint density at radius 1 is 1.12 bits per heavy atom. The molecule has 4 rings (SSSR count). The van der Waals surface area contributed by atoms with E-state index in [-0.39, 0.29) is 35.6 Å². The Balaban J connectivity index is 1.63. The molecule has 0 bridgehead atoms. The molecule has 1 aromatic rings. The molecule has 3 unspecified atom stereocenters. The number of ketones is 1. The van der Waals surface area contributed by atoms with Gasteiger partial charge < -0.3 is 19.1 Å². The van der Waals surface area contributed by atoms with Gasteiger partial charge >= 0.3 is 0 Å². The van der Waals surface area contributed by atoms with Crippen LogP contribution in [0.25, 0.3) is 0 Å². The van der Waals surface area contributed by atoms with Gasteiger partial charge in [0.15, 0.2) is 11.5 Å². The highest BCUT2D eigenvalue weighted by Gasteiger charge is 2.51. The van der Waals surface area contributed by atoms with Crippen molar-refractivity contribution in [1.29, 1.82) is 0 Å². The summed E-state index contributed by atoms with van der Waals surface area (Å²) in [6.07, 6.45) is 6.49. The lowest BCUT2D eigenvalue weighted by molar-refractivity contribution is -0.135. The fourth-order valence-corrected chi connectivity index (χ4v) is 5.13. The number of carbonyl (C=O) groups is 2. The number of carbonyl (C=O) groups excluding carboxylic acids is 2. The Morgan fingerprint density at radius 3 is 2.73 bits per heavy atom. The summed E-state index contributed by atoms with van der Waals surface area (Å²) < 4.78 is 17.9. The molecule has 3 aliphatic rings. The first-order valence-corrected chi connectivity index (χ1v) is 12.6. The van der Waals surface area contributed by atoms with Crippen molar-refractivity contribution in [3.63, 3.8) is 0 Å². The lowest BCUT2D eigenvalue weighted by Gasteiger charge is -2.35. The molecule has 1 aromatic carbocycles. The molecular formula is C27H37NO5. The molecule has 0 aromatic heterocycles. The number of hydrogen-bond donors (Lipinski definition) is 0. The summed E-state index contributed by atoms with van der Waals surface area (Å²) in [4.78, 5) is 28.9. The molecular weight excluding hydrogens is 418 g/mol. The van der Waals surface area contributed by atoms with Crippen LogP contribution in [0.1, 0.15) is 77.3 Å².